The van der Waals surface area contributed by atoms with E-state index in [1.54, 1.807) is 11.0 Å². The third-order valence-corrected chi connectivity index (χ3v) is 4.36. The zero-order valence-electron chi connectivity index (χ0n) is 15.5. The van der Waals surface area contributed by atoms with Gasteiger partial charge in [-0.15, -0.1) is 0 Å². The number of carbonyl (C=O) groups excluding carboxylic acids is 1. The van der Waals surface area contributed by atoms with Gasteiger partial charge >= 0.3 is 0 Å². The van der Waals surface area contributed by atoms with E-state index in [0.29, 0.717) is 24.6 Å². The first-order valence-electron chi connectivity index (χ1n) is 9.13. The van der Waals surface area contributed by atoms with Gasteiger partial charge in [0.2, 0.25) is 0 Å². The van der Waals surface area contributed by atoms with Gasteiger partial charge in [0.15, 0.2) is 0 Å². The molecule has 1 aromatic heterocycles. The molecule has 0 spiro atoms. The number of benzene rings is 1. The molecule has 0 radical (unpaired) electrons. The minimum Gasteiger partial charge on any atom is -0.374 e. The highest BCUT2D eigenvalue weighted by Gasteiger charge is 2.21. The van der Waals surface area contributed by atoms with Gasteiger partial charge in [-0.3, -0.25) is 9.69 Å². The van der Waals surface area contributed by atoms with Crippen molar-refractivity contribution in [2.75, 3.05) is 32.8 Å². The lowest BCUT2D eigenvalue weighted by Crippen LogP contribution is -2.48. The van der Waals surface area contributed by atoms with Gasteiger partial charge in [0.05, 0.1) is 19.3 Å². The first-order chi connectivity index (χ1) is 12.6. The van der Waals surface area contributed by atoms with Crippen LogP contribution in [0.1, 0.15) is 29.8 Å². The Labute approximate surface area is 154 Å². The molecular weight excluding hydrogens is 330 g/mol. The molecule has 0 saturated carbocycles. The van der Waals surface area contributed by atoms with Crippen molar-refractivity contribution in [3.8, 4) is 0 Å². The Hall–Kier alpha value is -2.25. The molecule has 1 fully saturated rings. The van der Waals surface area contributed by atoms with Crippen molar-refractivity contribution in [2.24, 2.45) is 5.92 Å². The maximum Gasteiger partial charge on any atom is 0.251 e. The molecule has 1 unspecified atom stereocenters. The van der Waals surface area contributed by atoms with Crippen molar-refractivity contribution in [1.29, 1.82) is 0 Å². The lowest BCUT2D eigenvalue weighted by atomic mass is 10.1. The van der Waals surface area contributed by atoms with Crippen LogP contribution in [0.15, 0.2) is 36.9 Å². The van der Waals surface area contributed by atoms with E-state index in [9.17, 15) is 4.79 Å². The second kappa shape index (κ2) is 8.91. The summed E-state index contributed by atoms with van der Waals surface area (Å²) in [6.07, 6.45) is 3.24. The molecule has 2 aromatic rings. The quantitative estimate of drug-likeness (QED) is 0.811. The average molecular weight is 357 g/mol. The highest BCUT2D eigenvalue weighted by atomic mass is 16.5. The zero-order valence-corrected chi connectivity index (χ0v) is 15.5. The van der Waals surface area contributed by atoms with Gasteiger partial charge in [-0.05, 0) is 23.6 Å². The fraction of sp³-hybridized carbons (Fsp3) is 0.526. The predicted molar refractivity (Wildman–Crippen MR) is 98.9 cm³/mol. The Balaban J connectivity index is 1.47. The largest absolute Gasteiger partial charge is 0.374 e. The second-order valence-corrected chi connectivity index (χ2v) is 7.15. The summed E-state index contributed by atoms with van der Waals surface area (Å²) in [5.41, 5.74) is 1.73. The molecule has 0 aliphatic carbocycles. The number of morpholine rings is 1. The molecule has 1 aromatic carbocycles. The van der Waals surface area contributed by atoms with Crippen LogP contribution in [0.5, 0.6) is 0 Å². The van der Waals surface area contributed by atoms with Crippen molar-refractivity contribution in [3.05, 3.63) is 48.0 Å². The van der Waals surface area contributed by atoms with E-state index >= 15 is 0 Å². The summed E-state index contributed by atoms with van der Waals surface area (Å²) in [5.74, 6) is 0.571. The molecule has 7 nitrogen and oxygen atoms in total. The molecule has 1 saturated heterocycles. The number of nitrogens with zero attached hydrogens (tertiary/aromatic N) is 4. The first-order valence-corrected chi connectivity index (χ1v) is 9.13. The number of nitrogens with one attached hydrogen (secondary N) is 1. The standard InChI is InChI=1S/C19H27N5O2/c1-15(2)10-23-7-8-26-18(12-23)9-21-19(25)17-5-3-16(4-6-17)11-24-14-20-13-22-24/h3-6,13-15,18H,7-12H2,1-2H3,(H,21,25). The monoisotopic (exact) mass is 357 g/mol. The van der Waals surface area contributed by atoms with E-state index < -0.39 is 0 Å². The van der Waals surface area contributed by atoms with E-state index in [4.69, 9.17) is 4.74 Å². The fourth-order valence-corrected chi connectivity index (χ4v) is 3.16. The van der Waals surface area contributed by atoms with Crippen LogP contribution in [0.4, 0.5) is 0 Å². The van der Waals surface area contributed by atoms with Crippen molar-refractivity contribution in [2.45, 2.75) is 26.5 Å². The van der Waals surface area contributed by atoms with Crippen LogP contribution in [0.2, 0.25) is 0 Å². The van der Waals surface area contributed by atoms with Crippen LogP contribution in [0.25, 0.3) is 0 Å². The summed E-state index contributed by atoms with van der Waals surface area (Å²) in [6.45, 7) is 9.26. The normalized spacial score (nSPS) is 18.2. The lowest BCUT2D eigenvalue weighted by molar-refractivity contribution is -0.0295. The number of aromatic nitrogens is 3. The van der Waals surface area contributed by atoms with Gasteiger partial charge < -0.3 is 10.1 Å². The minimum atomic E-state index is -0.0677. The van der Waals surface area contributed by atoms with Gasteiger partial charge in [-0.1, -0.05) is 26.0 Å². The summed E-state index contributed by atoms with van der Waals surface area (Å²) in [5, 5.41) is 7.07. The van der Waals surface area contributed by atoms with Crippen LogP contribution in [-0.4, -0.2) is 64.5 Å². The Kier molecular flexibility index (Phi) is 6.35. The molecule has 1 aliphatic rings. The SMILES string of the molecule is CC(C)CN1CCOC(CNC(=O)c2ccc(Cn3cncn3)cc2)C1. The minimum absolute atomic E-state index is 0.0537. The van der Waals surface area contributed by atoms with Gasteiger partial charge in [-0.2, -0.15) is 5.10 Å². The van der Waals surface area contributed by atoms with E-state index in [2.05, 4.69) is 34.1 Å². The molecule has 1 N–H and O–H groups in total. The van der Waals surface area contributed by atoms with Gasteiger partial charge in [0.1, 0.15) is 12.7 Å². The predicted octanol–water partition coefficient (Wildman–Crippen LogP) is 1.41. The average Bonchev–Trinajstić information content (AvgIpc) is 3.13. The molecule has 2 heterocycles. The van der Waals surface area contributed by atoms with Crippen molar-refractivity contribution in [1.82, 2.24) is 25.0 Å². The Morgan fingerprint density at radius 1 is 1.35 bits per heavy atom. The van der Waals surface area contributed by atoms with Crippen molar-refractivity contribution >= 4 is 5.91 Å². The van der Waals surface area contributed by atoms with Gasteiger partial charge in [0, 0.05) is 31.7 Å². The van der Waals surface area contributed by atoms with Gasteiger partial charge in [0.25, 0.3) is 5.91 Å². The maximum absolute atomic E-state index is 12.4. The van der Waals surface area contributed by atoms with Gasteiger partial charge in [-0.25, -0.2) is 9.67 Å². The third-order valence-electron chi connectivity index (χ3n) is 4.36. The number of hydrogen-bond acceptors (Lipinski definition) is 5. The Bertz CT molecular complexity index is 684. The number of carbonyl (C=O) groups is 1. The molecule has 26 heavy (non-hydrogen) atoms. The first kappa shape index (κ1) is 18.5. The molecule has 1 aliphatic heterocycles. The number of amides is 1. The Morgan fingerprint density at radius 2 is 2.15 bits per heavy atom. The zero-order chi connectivity index (χ0) is 18.4. The van der Waals surface area contributed by atoms with Crippen LogP contribution < -0.4 is 5.32 Å². The van der Waals surface area contributed by atoms with E-state index in [1.807, 2.05) is 24.3 Å². The van der Waals surface area contributed by atoms with Crippen molar-refractivity contribution < 1.29 is 9.53 Å². The summed E-state index contributed by atoms with van der Waals surface area (Å²) >= 11 is 0. The molecule has 1 atom stereocenters. The number of rotatable bonds is 7. The number of ether oxygens (including phenoxy) is 1. The lowest BCUT2D eigenvalue weighted by Gasteiger charge is -2.33. The van der Waals surface area contributed by atoms with E-state index in [-0.39, 0.29) is 12.0 Å². The maximum atomic E-state index is 12.4. The van der Waals surface area contributed by atoms with Crippen LogP contribution in [0.3, 0.4) is 0 Å². The topological polar surface area (TPSA) is 72.3 Å². The molecule has 3 rings (SSSR count). The van der Waals surface area contributed by atoms with Crippen LogP contribution in [0, 0.1) is 5.92 Å². The molecule has 0 bridgehead atoms. The summed E-state index contributed by atoms with van der Waals surface area (Å²) < 4.78 is 7.53. The number of hydrogen-bond donors (Lipinski definition) is 1. The smallest absolute Gasteiger partial charge is 0.251 e. The van der Waals surface area contributed by atoms with Crippen molar-refractivity contribution in [3.63, 3.8) is 0 Å². The third kappa shape index (κ3) is 5.37. The summed E-state index contributed by atoms with van der Waals surface area (Å²) in [4.78, 5) is 18.7. The highest BCUT2D eigenvalue weighted by Crippen LogP contribution is 2.09. The molecule has 140 valence electrons. The summed E-state index contributed by atoms with van der Waals surface area (Å²) in [6, 6.07) is 7.57. The fourth-order valence-electron chi connectivity index (χ4n) is 3.16. The van der Waals surface area contributed by atoms with Crippen LogP contribution >= 0.6 is 0 Å². The molecule has 1 amide bonds. The Morgan fingerprint density at radius 3 is 2.85 bits per heavy atom. The van der Waals surface area contributed by atoms with E-state index in [1.165, 1.54) is 6.33 Å². The van der Waals surface area contributed by atoms with Crippen LogP contribution in [-0.2, 0) is 11.3 Å². The van der Waals surface area contributed by atoms with E-state index in [0.717, 1.165) is 31.8 Å². The summed E-state index contributed by atoms with van der Waals surface area (Å²) in [7, 11) is 0. The highest BCUT2D eigenvalue weighted by molar-refractivity contribution is 5.94. The molecular formula is C19H27N5O2. The molecule has 7 heteroatoms. The second-order valence-electron chi connectivity index (χ2n) is 7.15.